The average molecular weight is 492 g/mol. The quantitative estimate of drug-likeness (QED) is 0.394. The summed E-state index contributed by atoms with van der Waals surface area (Å²) in [5, 5.41) is -5.78. The number of hydrogen-bond donors (Lipinski definition) is 1. The van der Waals surface area contributed by atoms with Crippen molar-refractivity contribution in [2.75, 3.05) is 0 Å². The van der Waals surface area contributed by atoms with Gasteiger partial charge in [0, 0.05) is 8.95 Å². The van der Waals surface area contributed by atoms with Crippen molar-refractivity contribution in [3.05, 3.63) is 32.7 Å². The lowest BCUT2D eigenvalue weighted by Crippen LogP contribution is -2.52. The molecule has 0 fully saturated rings. The highest BCUT2D eigenvalue weighted by atomic mass is 79.9. The van der Waals surface area contributed by atoms with Gasteiger partial charge in [0.15, 0.2) is 0 Å². The lowest BCUT2D eigenvalue weighted by Gasteiger charge is -2.26. The molecule has 0 bridgehead atoms. The zero-order valence-electron chi connectivity index (χ0n) is 10.4. The van der Waals surface area contributed by atoms with E-state index in [0.717, 1.165) is 6.07 Å². The first kappa shape index (κ1) is 20.3. The molecule has 13 heteroatoms. The topological polar surface area (TPSA) is 80.7 Å². The van der Waals surface area contributed by atoms with E-state index in [-0.39, 0.29) is 4.47 Å². The minimum Gasteiger partial charge on any atom is -0.441 e. The number of hydrogen-bond acceptors (Lipinski definition) is 4. The molecule has 0 saturated carbocycles. The van der Waals surface area contributed by atoms with Crippen LogP contribution in [0.1, 0.15) is 10.4 Å². The molecule has 1 unspecified atom stereocenters. The third-order valence-electron chi connectivity index (χ3n) is 2.32. The van der Waals surface area contributed by atoms with Gasteiger partial charge >= 0.3 is 27.5 Å². The fourth-order valence-corrected chi connectivity index (χ4v) is 2.95. The Morgan fingerprint density at radius 3 is 2.09 bits per heavy atom. The maximum absolute atomic E-state index is 13.3. The van der Waals surface area contributed by atoms with Crippen molar-refractivity contribution >= 4 is 47.9 Å². The number of rotatable bonds is 4. The van der Waals surface area contributed by atoms with E-state index >= 15 is 0 Å². The normalized spacial score (nSPS) is 14.4. The van der Waals surface area contributed by atoms with Gasteiger partial charge in [0.1, 0.15) is 0 Å². The molecule has 0 aromatic heterocycles. The number of esters is 1. The molecule has 130 valence electrons. The van der Waals surface area contributed by atoms with Gasteiger partial charge in [-0.05, 0) is 34.1 Å². The molecule has 23 heavy (non-hydrogen) atoms. The zero-order valence-corrected chi connectivity index (χ0v) is 14.4. The molecule has 5 nitrogen and oxygen atoms in total. The summed E-state index contributed by atoms with van der Waals surface area (Å²) in [7, 11) is -6.48. The summed E-state index contributed by atoms with van der Waals surface area (Å²) < 4.78 is 97.6. The summed E-state index contributed by atoms with van der Waals surface area (Å²) in [5.41, 5.74) is -0.561. The Labute approximate surface area is 142 Å². The average Bonchev–Trinajstić information content (AvgIpc) is 2.32. The maximum atomic E-state index is 13.3. The van der Waals surface area contributed by atoms with Crippen molar-refractivity contribution < 1.29 is 44.5 Å². The molecule has 1 aromatic rings. The summed E-state index contributed by atoms with van der Waals surface area (Å²) in [6, 6.07) is 3.39. The molecular weight excluding hydrogens is 487 g/mol. The van der Waals surface area contributed by atoms with Crippen LogP contribution in [0.5, 0.6) is 0 Å². The van der Waals surface area contributed by atoms with E-state index in [9.17, 15) is 35.2 Å². The number of ether oxygens (including phenoxy) is 1. The predicted octanol–water partition coefficient (Wildman–Crippen LogP) is 3.78. The van der Waals surface area contributed by atoms with Gasteiger partial charge in [-0.15, -0.1) is 0 Å². The minimum atomic E-state index is -6.48. The Morgan fingerprint density at radius 2 is 1.70 bits per heavy atom. The highest BCUT2D eigenvalue weighted by Crippen LogP contribution is 2.38. The van der Waals surface area contributed by atoms with Gasteiger partial charge < -0.3 is 4.74 Å². The van der Waals surface area contributed by atoms with Crippen LogP contribution in [0.3, 0.4) is 0 Å². The van der Waals surface area contributed by atoms with E-state index < -0.39 is 39.2 Å². The molecule has 0 aliphatic rings. The van der Waals surface area contributed by atoms with Crippen molar-refractivity contribution in [3.63, 3.8) is 0 Å². The first-order chi connectivity index (χ1) is 10.2. The molecule has 0 aliphatic carbocycles. The van der Waals surface area contributed by atoms with Crippen LogP contribution in [0.2, 0.25) is 0 Å². The van der Waals surface area contributed by atoms with E-state index in [1.807, 2.05) is 0 Å². The second kappa shape index (κ2) is 6.61. The lowest BCUT2D eigenvalue weighted by molar-refractivity contribution is -0.248. The summed E-state index contributed by atoms with van der Waals surface area (Å²) in [6.07, 6.45) is -10.3. The first-order valence-corrected chi connectivity index (χ1v) is 8.28. The summed E-state index contributed by atoms with van der Waals surface area (Å²) in [5.74, 6) is -1.87. The summed E-state index contributed by atoms with van der Waals surface area (Å²) >= 11 is 5.80. The highest BCUT2D eigenvalue weighted by Gasteiger charge is 2.66. The molecule has 0 spiro atoms. The second-order valence-corrected chi connectivity index (χ2v) is 7.25. The minimum absolute atomic E-state index is 0.0898. The number of halogens is 7. The monoisotopic (exact) mass is 490 g/mol. The number of alkyl halides is 5. The van der Waals surface area contributed by atoms with Crippen LogP contribution in [0.25, 0.3) is 0 Å². The molecule has 0 amide bonds. The van der Waals surface area contributed by atoms with Crippen LogP contribution in [0.15, 0.2) is 27.1 Å². The smallest absolute Gasteiger partial charge is 0.432 e. The van der Waals surface area contributed by atoms with Gasteiger partial charge in [0.25, 0.3) is 6.10 Å². The molecule has 0 saturated heterocycles. The van der Waals surface area contributed by atoms with Gasteiger partial charge in [-0.2, -0.15) is 30.4 Å². The van der Waals surface area contributed by atoms with E-state index in [1.165, 1.54) is 12.1 Å². The van der Waals surface area contributed by atoms with Crippen molar-refractivity contribution in [1.82, 2.24) is 0 Å². The molecule has 0 aliphatic heterocycles. The summed E-state index contributed by atoms with van der Waals surface area (Å²) in [6.45, 7) is 0. The first-order valence-electron chi connectivity index (χ1n) is 5.25. The van der Waals surface area contributed by atoms with Crippen molar-refractivity contribution in [3.8, 4) is 0 Å². The molecular formula is C10H5Br2F5O5S. The van der Waals surface area contributed by atoms with Crippen LogP contribution >= 0.6 is 31.9 Å². The van der Waals surface area contributed by atoms with Crippen molar-refractivity contribution in [2.45, 2.75) is 17.5 Å². The maximum Gasteiger partial charge on any atom is 0.432 e. The molecule has 0 radical (unpaired) electrons. The Balaban J connectivity index is 3.25. The SMILES string of the molecule is O=C(OC(C(F)(F)F)C(F)(F)S(=O)(=O)O)c1ccc(Br)cc1Br. The summed E-state index contributed by atoms with van der Waals surface area (Å²) in [4.78, 5) is 11.6. The van der Waals surface area contributed by atoms with Gasteiger partial charge in [0.2, 0.25) is 0 Å². The lowest BCUT2D eigenvalue weighted by atomic mass is 10.2. The van der Waals surface area contributed by atoms with E-state index in [2.05, 4.69) is 36.6 Å². The molecule has 0 heterocycles. The van der Waals surface area contributed by atoms with E-state index in [1.54, 1.807) is 0 Å². The Kier molecular flexibility index (Phi) is 5.82. The number of carbonyl (C=O) groups is 1. The Hall–Kier alpha value is -0.790. The van der Waals surface area contributed by atoms with Gasteiger partial charge in [-0.1, -0.05) is 15.9 Å². The molecule has 1 rings (SSSR count). The highest BCUT2D eigenvalue weighted by molar-refractivity contribution is 9.11. The van der Waals surface area contributed by atoms with Crippen molar-refractivity contribution in [2.24, 2.45) is 0 Å². The van der Waals surface area contributed by atoms with Crippen LogP contribution in [0.4, 0.5) is 22.0 Å². The zero-order chi connectivity index (χ0) is 18.2. The van der Waals surface area contributed by atoms with Crippen LogP contribution in [-0.4, -0.2) is 36.5 Å². The molecule has 1 atom stereocenters. The third-order valence-corrected chi connectivity index (χ3v) is 4.37. The van der Waals surface area contributed by atoms with Crippen LogP contribution in [0, 0.1) is 0 Å². The standard InChI is InChI=1S/C10H5Br2F5O5S/c11-4-1-2-5(6(12)3-4)7(18)22-8(9(13,14)15)10(16,17)23(19,20)21/h1-3,8H,(H,19,20,21). The fraction of sp³-hybridized carbons (Fsp3) is 0.300. The Morgan fingerprint density at radius 1 is 1.17 bits per heavy atom. The third kappa shape index (κ3) is 4.61. The van der Waals surface area contributed by atoms with Crippen LogP contribution in [-0.2, 0) is 14.9 Å². The number of benzene rings is 1. The van der Waals surface area contributed by atoms with Gasteiger partial charge in [-0.25, -0.2) is 4.79 Å². The molecule has 1 N–H and O–H groups in total. The van der Waals surface area contributed by atoms with Gasteiger partial charge in [0.05, 0.1) is 5.56 Å². The van der Waals surface area contributed by atoms with Crippen molar-refractivity contribution in [1.29, 1.82) is 0 Å². The largest absolute Gasteiger partial charge is 0.441 e. The van der Waals surface area contributed by atoms with Gasteiger partial charge in [-0.3, -0.25) is 4.55 Å². The molecule has 1 aromatic carbocycles. The predicted molar refractivity (Wildman–Crippen MR) is 73.6 cm³/mol. The van der Waals surface area contributed by atoms with E-state index in [0.29, 0.717) is 4.47 Å². The number of carbonyl (C=O) groups excluding carboxylic acids is 1. The second-order valence-electron chi connectivity index (χ2n) is 3.99. The Bertz CT molecular complexity index is 719. The van der Waals surface area contributed by atoms with E-state index in [4.69, 9.17) is 4.55 Å². The fourth-order valence-electron chi connectivity index (χ4n) is 1.29. The van der Waals surface area contributed by atoms with Crippen LogP contribution < -0.4 is 0 Å².